The number of fused-ring (bicyclic) bond motifs is 1. The van der Waals surface area contributed by atoms with E-state index in [4.69, 9.17) is 0 Å². The molecule has 0 aromatic heterocycles. The molecule has 6 nitrogen and oxygen atoms in total. The summed E-state index contributed by atoms with van der Waals surface area (Å²) in [7, 11) is 0. The van der Waals surface area contributed by atoms with Crippen molar-refractivity contribution in [2.75, 3.05) is 0 Å². The summed E-state index contributed by atoms with van der Waals surface area (Å²) in [6.45, 7) is 1.90. The molecule has 0 N–H and O–H groups in total. The summed E-state index contributed by atoms with van der Waals surface area (Å²) < 4.78 is 8.69. The van der Waals surface area contributed by atoms with Crippen molar-refractivity contribution in [3.8, 4) is 0 Å². The summed E-state index contributed by atoms with van der Waals surface area (Å²) in [5.41, 5.74) is 0.959. The molecule has 0 amide bonds. The average Bonchev–Trinajstić information content (AvgIpc) is 2.42. The Kier molecular flexibility index (Phi) is 12.3. The molecule has 102 valence electrons. The molecule has 0 heterocycles. The number of hydrogen-bond donors (Lipinski definition) is 0. The van der Waals surface area contributed by atoms with Gasteiger partial charge in [-0.1, -0.05) is 18.2 Å². The molecule has 2 aromatic carbocycles. The minimum atomic E-state index is 0. The van der Waals surface area contributed by atoms with Gasteiger partial charge in [-0.25, -0.2) is 0 Å². The van der Waals surface area contributed by atoms with Gasteiger partial charge in [0.25, 0.3) is 0 Å². The minimum absolute atomic E-state index is 0. The quantitative estimate of drug-likeness (QED) is 0.225. The molecular formula is C11H8Na2O6S2. The third-order valence-electron chi connectivity index (χ3n) is 2.37. The molecule has 0 aliphatic rings. The molecule has 21 heavy (non-hydrogen) atoms. The van der Waals surface area contributed by atoms with Crippen LogP contribution in [0.4, 0.5) is 0 Å². The molecule has 0 saturated carbocycles. The molecule has 2 rings (SSSR count). The van der Waals surface area contributed by atoms with E-state index in [-0.39, 0.29) is 59.1 Å². The fourth-order valence-corrected chi connectivity index (χ4v) is 2.80. The fourth-order valence-electron chi connectivity index (χ4n) is 1.70. The van der Waals surface area contributed by atoms with Crippen LogP contribution in [0.15, 0.2) is 40.1 Å². The van der Waals surface area contributed by atoms with E-state index in [0.29, 0.717) is 4.90 Å². The molecule has 0 aliphatic carbocycles. The molecule has 0 unspecified atom stereocenters. The largest absolute Gasteiger partial charge is 1.00 e. The first-order chi connectivity index (χ1) is 9.26. The molecule has 10 heteroatoms. The second-order valence-corrected chi connectivity index (χ2v) is 5.04. The van der Waals surface area contributed by atoms with E-state index in [1.165, 1.54) is 0 Å². The zero-order chi connectivity index (χ0) is 13.7. The van der Waals surface area contributed by atoms with Crippen LogP contribution in [0.2, 0.25) is 0 Å². The minimum Gasteiger partial charge on any atom is -0.691 e. The zero-order valence-electron chi connectivity index (χ0n) is 11.7. The van der Waals surface area contributed by atoms with E-state index in [2.05, 4.69) is 18.7 Å². The van der Waals surface area contributed by atoms with E-state index in [1.807, 2.05) is 25.1 Å². The SMILES string of the molecule is Cc1cc(SOO[O-])c2cccc(SOO[O-])c2c1.[Na+].[Na+]. The van der Waals surface area contributed by atoms with Crippen LogP contribution in [0.5, 0.6) is 0 Å². The molecule has 0 saturated heterocycles. The van der Waals surface area contributed by atoms with Gasteiger partial charge in [-0.15, -0.1) is 0 Å². The molecule has 2 aromatic rings. The summed E-state index contributed by atoms with van der Waals surface area (Å²) in [4.78, 5) is 1.43. The van der Waals surface area contributed by atoms with Gasteiger partial charge in [0.1, 0.15) is 0 Å². The van der Waals surface area contributed by atoms with Crippen LogP contribution < -0.4 is 69.6 Å². The van der Waals surface area contributed by atoms with E-state index in [9.17, 15) is 10.5 Å². The first kappa shape index (κ1) is 22.2. The van der Waals surface area contributed by atoms with Crippen molar-refractivity contribution in [2.24, 2.45) is 0 Å². The van der Waals surface area contributed by atoms with E-state index >= 15 is 0 Å². The maximum atomic E-state index is 9.91. The van der Waals surface area contributed by atoms with Crippen LogP contribution >= 0.6 is 24.1 Å². The maximum Gasteiger partial charge on any atom is 1.00 e. The van der Waals surface area contributed by atoms with Crippen molar-refractivity contribution < 1.29 is 88.4 Å². The average molecular weight is 346 g/mol. The Morgan fingerprint density at radius 3 is 2.10 bits per heavy atom. The maximum absolute atomic E-state index is 9.91. The number of aryl methyl sites for hydroxylation is 1. The Morgan fingerprint density at radius 2 is 1.48 bits per heavy atom. The molecule has 0 aliphatic heterocycles. The van der Waals surface area contributed by atoms with Crippen molar-refractivity contribution in [1.29, 1.82) is 0 Å². The molecule has 0 spiro atoms. The summed E-state index contributed by atoms with van der Waals surface area (Å²) in [5.74, 6) is 0. The van der Waals surface area contributed by atoms with Crippen molar-refractivity contribution in [3.63, 3.8) is 0 Å². The monoisotopic (exact) mass is 346 g/mol. The van der Waals surface area contributed by atoms with Gasteiger partial charge in [0.2, 0.25) is 0 Å². The summed E-state index contributed by atoms with van der Waals surface area (Å²) in [5, 5.41) is 28.2. The van der Waals surface area contributed by atoms with Gasteiger partial charge in [-0.2, -0.15) is 8.67 Å². The second-order valence-electron chi connectivity index (χ2n) is 3.55. The molecule has 0 radical (unpaired) electrons. The summed E-state index contributed by atoms with van der Waals surface area (Å²) >= 11 is 1.63. The normalized spacial score (nSPS) is 10.0. The fraction of sp³-hybridized carbons (Fsp3) is 0.0909. The van der Waals surface area contributed by atoms with Gasteiger partial charge in [-0.3, -0.25) is 10.1 Å². The van der Waals surface area contributed by atoms with E-state index in [1.54, 1.807) is 12.1 Å². The molecule has 0 atom stereocenters. The first-order valence-corrected chi connectivity index (χ1v) is 6.54. The van der Waals surface area contributed by atoms with Crippen molar-refractivity contribution >= 4 is 34.9 Å². The second kappa shape index (κ2) is 11.7. The Hall–Kier alpha value is 1.16. The topological polar surface area (TPSA) is 83.0 Å². The van der Waals surface area contributed by atoms with Gasteiger partial charge in [0, 0.05) is 9.79 Å². The third kappa shape index (κ3) is 6.28. The molecule has 0 bridgehead atoms. The smallest absolute Gasteiger partial charge is 0.691 e. The molecule has 0 fully saturated rings. The number of rotatable bonds is 6. The Balaban J connectivity index is 0.00000200. The number of benzene rings is 2. The van der Waals surface area contributed by atoms with Gasteiger partial charge in [0.15, 0.2) is 0 Å². The third-order valence-corrected chi connectivity index (χ3v) is 3.67. The summed E-state index contributed by atoms with van der Waals surface area (Å²) in [6.07, 6.45) is 0. The Morgan fingerprint density at radius 1 is 0.857 bits per heavy atom. The van der Waals surface area contributed by atoms with Crippen LogP contribution in [0.3, 0.4) is 0 Å². The van der Waals surface area contributed by atoms with E-state index < -0.39 is 0 Å². The standard InChI is InChI=1S/C11H10O6S2.2Na/c1-7-5-9-8(11(6-7)19-17-15-13)3-2-4-10(9)18-16-14-12;;/h2-6,12-13H,1H3;;/q;2*+1/p-2. The zero-order valence-corrected chi connectivity index (χ0v) is 17.3. The summed E-state index contributed by atoms with van der Waals surface area (Å²) in [6, 6.07) is 9.20. The Labute approximate surface area is 174 Å². The van der Waals surface area contributed by atoms with Crippen molar-refractivity contribution in [2.45, 2.75) is 16.7 Å². The number of hydrogen-bond acceptors (Lipinski definition) is 8. The molecular weight excluding hydrogens is 338 g/mol. The van der Waals surface area contributed by atoms with Crippen LogP contribution in [0, 0.1) is 6.92 Å². The van der Waals surface area contributed by atoms with Crippen molar-refractivity contribution in [3.05, 3.63) is 35.9 Å². The van der Waals surface area contributed by atoms with Crippen LogP contribution in [0.1, 0.15) is 5.56 Å². The van der Waals surface area contributed by atoms with Gasteiger partial charge in [0.05, 0.1) is 24.1 Å². The van der Waals surface area contributed by atoms with E-state index in [0.717, 1.165) is 45.3 Å². The van der Waals surface area contributed by atoms with Gasteiger partial charge >= 0.3 is 59.1 Å². The predicted octanol–water partition coefficient (Wildman–Crippen LogP) is -4.38. The Bertz CT molecular complexity index is 572. The van der Waals surface area contributed by atoms with Crippen LogP contribution in [-0.2, 0) is 18.7 Å². The van der Waals surface area contributed by atoms with Gasteiger partial charge in [-0.05, 0) is 35.4 Å². The van der Waals surface area contributed by atoms with Crippen LogP contribution in [0.25, 0.3) is 10.8 Å². The van der Waals surface area contributed by atoms with Crippen molar-refractivity contribution in [1.82, 2.24) is 0 Å². The van der Waals surface area contributed by atoms with Gasteiger partial charge < -0.3 is 10.5 Å². The van der Waals surface area contributed by atoms with Crippen LogP contribution in [-0.4, -0.2) is 0 Å². The first-order valence-electron chi connectivity index (χ1n) is 5.06. The predicted molar refractivity (Wildman–Crippen MR) is 64.7 cm³/mol.